The molecule has 0 bridgehead atoms. The highest BCUT2D eigenvalue weighted by atomic mass is 16.5. The van der Waals surface area contributed by atoms with Crippen LogP contribution in [-0.2, 0) is 4.79 Å². The second-order valence-corrected chi connectivity index (χ2v) is 6.88. The van der Waals surface area contributed by atoms with Crippen LogP contribution in [0.25, 0.3) is 11.1 Å². The number of fused-ring (bicyclic) bond motifs is 1. The Morgan fingerprint density at radius 1 is 1.36 bits per heavy atom. The molecule has 3 rings (SSSR count). The zero-order valence-electron chi connectivity index (χ0n) is 14.5. The maximum Gasteiger partial charge on any atom is 0.303 e. The molecule has 7 heteroatoms. The molecule has 0 spiro atoms. The minimum Gasteiger partial charge on any atom is -0.481 e. The van der Waals surface area contributed by atoms with E-state index in [1.165, 1.54) is 0 Å². The van der Waals surface area contributed by atoms with E-state index in [0.29, 0.717) is 42.0 Å². The highest BCUT2D eigenvalue weighted by Crippen LogP contribution is 2.41. The average molecular weight is 345 g/mol. The van der Waals surface area contributed by atoms with Crippen molar-refractivity contribution in [1.82, 2.24) is 15.5 Å². The molecule has 25 heavy (non-hydrogen) atoms. The summed E-state index contributed by atoms with van der Waals surface area (Å²) in [6.45, 7) is 4.44. The number of unbranched alkanes of at least 4 members (excludes halogenated alkanes) is 1. The van der Waals surface area contributed by atoms with Gasteiger partial charge < -0.3 is 14.9 Å². The van der Waals surface area contributed by atoms with E-state index in [2.05, 4.69) is 15.5 Å². The van der Waals surface area contributed by atoms with Gasteiger partial charge in [0.15, 0.2) is 0 Å². The molecule has 0 aromatic carbocycles. The number of pyridine rings is 1. The number of carbonyl (C=O) groups excluding carboxylic acids is 1. The first-order valence-electron chi connectivity index (χ1n) is 8.77. The Morgan fingerprint density at radius 3 is 2.76 bits per heavy atom. The smallest absolute Gasteiger partial charge is 0.303 e. The Kier molecular flexibility index (Phi) is 5.01. The van der Waals surface area contributed by atoms with Gasteiger partial charge in [0.05, 0.1) is 16.6 Å². The van der Waals surface area contributed by atoms with Crippen molar-refractivity contribution in [1.29, 1.82) is 0 Å². The molecule has 0 aliphatic heterocycles. The number of carbonyl (C=O) groups is 2. The molecule has 1 fully saturated rings. The van der Waals surface area contributed by atoms with E-state index >= 15 is 0 Å². The van der Waals surface area contributed by atoms with Crippen LogP contribution in [0.2, 0.25) is 0 Å². The largest absolute Gasteiger partial charge is 0.481 e. The third-order valence-corrected chi connectivity index (χ3v) is 4.38. The number of amides is 1. The van der Waals surface area contributed by atoms with Gasteiger partial charge in [-0.3, -0.25) is 9.59 Å². The third-order valence-electron chi connectivity index (χ3n) is 4.38. The minimum absolute atomic E-state index is 0.115. The van der Waals surface area contributed by atoms with Crippen molar-refractivity contribution in [2.24, 2.45) is 0 Å². The van der Waals surface area contributed by atoms with Crippen molar-refractivity contribution >= 4 is 23.0 Å². The standard InChI is InChI=1S/C18H23N3O4/c1-10(2)16-15-12(17(24)19-8-4-3-5-14(22)23)9-13(11-6-7-11)20-18(15)25-21-16/h9-11H,3-8H2,1-2H3,(H,19,24)(H,22,23). The molecule has 2 N–H and O–H groups in total. The van der Waals surface area contributed by atoms with E-state index in [0.717, 1.165) is 24.2 Å². The number of carboxylic acids is 1. The summed E-state index contributed by atoms with van der Waals surface area (Å²) >= 11 is 0. The number of nitrogens with zero attached hydrogens (tertiary/aromatic N) is 2. The second-order valence-electron chi connectivity index (χ2n) is 6.88. The van der Waals surface area contributed by atoms with Crippen molar-refractivity contribution in [3.8, 4) is 0 Å². The summed E-state index contributed by atoms with van der Waals surface area (Å²) in [4.78, 5) is 27.8. The van der Waals surface area contributed by atoms with Crippen LogP contribution in [0.1, 0.15) is 79.5 Å². The average Bonchev–Trinajstić information content (AvgIpc) is 3.32. The monoisotopic (exact) mass is 345 g/mol. The molecule has 0 radical (unpaired) electrons. The Labute approximate surface area is 145 Å². The zero-order chi connectivity index (χ0) is 18.0. The molecule has 7 nitrogen and oxygen atoms in total. The summed E-state index contributed by atoms with van der Waals surface area (Å²) in [5.74, 6) is -0.479. The molecule has 2 aromatic heterocycles. The Bertz CT molecular complexity index is 793. The molecular weight excluding hydrogens is 322 g/mol. The third kappa shape index (κ3) is 3.97. The van der Waals surface area contributed by atoms with Crippen molar-refractivity contribution in [3.05, 3.63) is 23.0 Å². The fourth-order valence-electron chi connectivity index (χ4n) is 2.85. The Balaban J connectivity index is 1.81. The lowest BCUT2D eigenvalue weighted by molar-refractivity contribution is -0.137. The van der Waals surface area contributed by atoms with E-state index < -0.39 is 5.97 Å². The summed E-state index contributed by atoms with van der Waals surface area (Å²) in [5, 5.41) is 16.3. The minimum atomic E-state index is -0.817. The number of aliphatic carboxylic acids is 1. The van der Waals surface area contributed by atoms with Crippen LogP contribution in [0.4, 0.5) is 0 Å². The van der Waals surface area contributed by atoms with Gasteiger partial charge in [-0.25, -0.2) is 4.98 Å². The first-order valence-corrected chi connectivity index (χ1v) is 8.77. The predicted octanol–water partition coefficient (Wildman–Crippen LogP) is 3.21. The summed E-state index contributed by atoms with van der Waals surface area (Å²) in [6.07, 6.45) is 3.45. The van der Waals surface area contributed by atoms with E-state index in [-0.39, 0.29) is 18.2 Å². The fourth-order valence-corrected chi connectivity index (χ4v) is 2.85. The van der Waals surface area contributed by atoms with E-state index in [9.17, 15) is 9.59 Å². The molecule has 2 aromatic rings. The first kappa shape index (κ1) is 17.4. The number of nitrogens with one attached hydrogen (secondary N) is 1. The van der Waals surface area contributed by atoms with Crippen molar-refractivity contribution in [3.63, 3.8) is 0 Å². The van der Waals surface area contributed by atoms with Crippen LogP contribution in [-0.4, -0.2) is 33.7 Å². The van der Waals surface area contributed by atoms with E-state index in [4.69, 9.17) is 9.63 Å². The van der Waals surface area contributed by atoms with Crippen molar-refractivity contribution in [2.45, 2.75) is 57.8 Å². The fraction of sp³-hybridized carbons (Fsp3) is 0.556. The molecule has 134 valence electrons. The van der Waals surface area contributed by atoms with E-state index in [1.54, 1.807) is 0 Å². The summed E-state index contributed by atoms with van der Waals surface area (Å²) < 4.78 is 5.38. The topological polar surface area (TPSA) is 105 Å². The summed E-state index contributed by atoms with van der Waals surface area (Å²) in [5.41, 5.74) is 2.59. The van der Waals surface area contributed by atoms with Crippen LogP contribution in [0.3, 0.4) is 0 Å². The van der Waals surface area contributed by atoms with Gasteiger partial charge >= 0.3 is 5.97 Å². The van der Waals surface area contributed by atoms with Crippen molar-refractivity contribution < 1.29 is 19.2 Å². The molecule has 0 saturated heterocycles. The zero-order valence-corrected chi connectivity index (χ0v) is 14.5. The van der Waals surface area contributed by atoms with Gasteiger partial charge in [-0.05, 0) is 37.7 Å². The van der Waals surface area contributed by atoms with E-state index in [1.807, 2.05) is 19.9 Å². The Hall–Kier alpha value is -2.44. The van der Waals surface area contributed by atoms with Gasteiger partial charge in [0.2, 0.25) is 0 Å². The van der Waals surface area contributed by atoms with Crippen LogP contribution < -0.4 is 5.32 Å². The normalized spacial score (nSPS) is 14.2. The number of aromatic nitrogens is 2. The van der Waals surface area contributed by atoms with Gasteiger partial charge in [-0.2, -0.15) is 0 Å². The molecule has 1 aliphatic rings. The number of hydrogen-bond acceptors (Lipinski definition) is 5. The van der Waals surface area contributed by atoms with Crippen LogP contribution in [0.5, 0.6) is 0 Å². The highest BCUT2D eigenvalue weighted by Gasteiger charge is 2.29. The molecule has 0 unspecified atom stereocenters. The Morgan fingerprint density at radius 2 is 2.12 bits per heavy atom. The molecule has 0 atom stereocenters. The maximum absolute atomic E-state index is 12.7. The molecular formula is C18H23N3O4. The lowest BCUT2D eigenvalue weighted by atomic mass is 10.0. The SMILES string of the molecule is CC(C)c1noc2nc(C3CC3)cc(C(=O)NCCCCC(=O)O)c12. The van der Waals surface area contributed by atoms with Crippen LogP contribution >= 0.6 is 0 Å². The summed E-state index contributed by atoms with van der Waals surface area (Å²) in [6, 6.07) is 1.86. The van der Waals surface area contributed by atoms with Crippen LogP contribution in [0, 0.1) is 0 Å². The number of rotatable bonds is 8. The predicted molar refractivity (Wildman–Crippen MR) is 91.7 cm³/mol. The number of hydrogen-bond donors (Lipinski definition) is 2. The highest BCUT2D eigenvalue weighted by molar-refractivity contribution is 6.06. The summed E-state index contributed by atoms with van der Waals surface area (Å²) in [7, 11) is 0. The molecule has 1 aliphatic carbocycles. The van der Waals surface area contributed by atoms with Gasteiger partial charge in [-0.1, -0.05) is 19.0 Å². The second kappa shape index (κ2) is 7.21. The van der Waals surface area contributed by atoms with Gasteiger partial charge in [0, 0.05) is 24.6 Å². The van der Waals surface area contributed by atoms with Crippen LogP contribution in [0.15, 0.2) is 10.6 Å². The molecule has 1 saturated carbocycles. The van der Waals surface area contributed by atoms with Gasteiger partial charge in [0.1, 0.15) is 0 Å². The van der Waals surface area contributed by atoms with Crippen molar-refractivity contribution in [2.75, 3.05) is 6.54 Å². The molecule has 2 heterocycles. The first-order chi connectivity index (χ1) is 12.0. The lowest BCUT2D eigenvalue weighted by Gasteiger charge is -2.09. The molecule has 1 amide bonds. The van der Waals surface area contributed by atoms with Gasteiger partial charge in [-0.15, -0.1) is 0 Å². The maximum atomic E-state index is 12.7. The number of carboxylic acid groups (broad SMARTS) is 1. The van der Waals surface area contributed by atoms with Gasteiger partial charge in [0.25, 0.3) is 11.6 Å². The lowest BCUT2D eigenvalue weighted by Crippen LogP contribution is -2.25. The quantitative estimate of drug-likeness (QED) is 0.712.